The van der Waals surface area contributed by atoms with E-state index < -0.39 is 0 Å². The Morgan fingerprint density at radius 1 is 1.17 bits per heavy atom. The molecule has 1 aromatic carbocycles. The number of anilines is 2. The first-order valence-electron chi connectivity index (χ1n) is 7.35. The third kappa shape index (κ3) is 4.67. The summed E-state index contributed by atoms with van der Waals surface area (Å²) in [7, 11) is 1.61. The number of carbonyl (C=O) groups excluding carboxylic acids is 1. The van der Waals surface area contributed by atoms with Gasteiger partial charge in [0.2, 0.25) is 5.95 Å². The van der Waals surface area contributed by atoms with Crippen LogP contribution in [-0.2, 0) is 0 Å². The molecule has 0 aliphatic heterocycles. The number of hydrogen-bond acceptors (Lipinski definition) is 5. The van der Waals surface area contributed by atoms with Gasteiger partial charge >= 0.3 is 0 Å². The van der Waals surface area contributed by atoms with Crippen LogP contribution in [0.4, 0.5) is 11.6 Å². The summed E-state index contributed by atoms with van der Waals surface area (Å²) < 4.78 is 5.31. The molecule has 0 spiro atoms. The van der Waals surface area contributed by atoms with Crippen molar-refractivity contribution < 1.29 is 9.53 Å². The van der Waals surface area contributed by atoms with Crippen LogP contribution < -0.4 is 15.4 Å². The van der Waals surface area contributed by atoms with E-state index in [-0.39, 0.29) is 11.4 Å². The van der Waals surface area contributed by atoms with Crippen molar-refractivity contribution in [1.29, 1.82) is 0 Å². The fourth-order valence-corrected chi connectivity index (χ4v) is 1.96. The maximum Gasteiger partial charge on any atom is 0.254 e. The van der Waals surface area contributed by atoms with Crippen LogP contribution in [-0.4, -0.2) is 28.5 Å². The molecule has 2 N–H and O–H groups in total. The van der Waals surface area contributed by atoms with Crippen molar-refractivity contribution >= 4 is 17.5 Å². The number of hydrogen-bond donors (Lipinski definition) is 2. The summed E-state index contributed by atoms with van der Waals surface area (Å²) in [6, 6.07) is 5.79. The summed E-state index contributed by atoms with van der Waals surface area (Å²) in [6.45, 7) is 7.76. The van der Waals surface area contributed by atoms with Crippen LogP contribution in [0.1, 0.15) is 36.7 Å². The van der Waals surface area contributed by atoms with Crippen LogP contribution in [0.2, 0.25) is 0 Å². The summed E-state index contributed by atoms with van der Waals surface area (Å²) in [5.74, 6) is 0.909. The molecule has 23 heavy (non-hydrogen) atoms. The summed E-state index contributed by atoms with van der Waals surface area (Å²) in [5.41, 5.74) is 1.98. The molecule has 0 aliphatic carbocycles. The number of amides is 1. The van der Waals surface area contributed by atoms with E-state index in [9.17, 15) is 4.79 Å². The average molecular weight is 314 g/mol. The van der Waals surface area contributed by atoms with Crippen molar-refractivity contribution in [3.05, 3.63) is 41.7 Å². The van der Waals surface area contributed by atoms with E-state index in [4.69, 9.17) is 4.74 Å². The second-order valence-corrected chi connectivity index (χ2v) is 6.33. The highest BCUT2D eigenvalue weighted by Crippen LogP contribution is 2.27. The predicted octanol–water partition coefficient (Wildman–Crippen LogP) is 3.07. The molecule has 0 saturated heterocycles. The van der Waals surface area contributed by atoms with Gasteiger partial charge in [0.25, 0.3) is 5.91 Å². The van der Waals surface area contributed by atoms with Gasteiger partial charge in [-0.05, 0) is 45.4 Å². The number of aryl methyl sites for hydroxylation is 1. The Hall–Kier alpha value is -2.63. The van der Waals surface area contributed by atoms with Crippen molar-refractivity contribution in [3.8, 4) is 5.75 Å². The van der Waals surface area contributed by atoms with Crippen molar-refractivity contribution in [2.45, 2.75) is 33.2 Å². The number of nitrogens with one attached hydrogen (secondary N) is 2. The molecule has 0 radical (unpaired) electrons. The molecular formula is C17H22N4O2. The van der Waals surface area contributed by atoms with Crippen LogP contribution in [0.25, 0.3) is 0 Å². The molecule has 0 unspecified atom stereocenters. The molecule has 1 heterocycles. The molecule has 0 fully saturated rings. The fraction of sp³-hybridized carbons (Fsp3) is 0.353. The van der Waals surface area contributed by atoms with E-state index in [2.05, 4.69) is 20.6 Å². The zero-order valence-electron chi connectivity index (χ0n) is 14.1. The Bertz CT molecular complexity index is 691. The molecule has 2 aromatic rings. The second-order valence-electron chi connectivity index (χ2n) is 6.33. The topological polar surface area (TPSA) is 76.1 Å². The summed E-state index contributed by atoms with van der Waals surface area (Å²) in [6.07, 6.45) is 3.00. The zero-order valence-corrected chi connectivity index (χ0v) is 14.1. The Balaban J connectivity index is 2.14. The molecule has 0 saturated carbocycles. The van der Waals surface area contributed by atoms with E-state index in [1.165, 1.54) is 12.4 Å². The lowest BCUT2D eigenvalue weighted by Crippen LogP contribution is -2.40. The van der Waals surface area contributed by atoms with Gasteiger partial charge in [-0.1, -0.05) is 6.07 Å². The lowest BCUT2D eigenvalue weighted by Gasteiger charge is -2.20. The van der Waals surface area contributed by atoms with Crippen molar-refractivity contribution in [2.24, 2.45) is 0 Å². The minimum absolute atomic E-state index is 0.197. The molecule has 1 aromatic heterocycles. The van der Waals surface area contributed by atoms with Crippen LogP contribution in [0.15, 0.2) is 30.6 Å². The number of nitrogens with zero attached hydrogens (tertiary/aromatic N) is 2. The van der Waals surface area contributed by atoms with Gasteiger partial charge in [-0.3, -0.25) is 4.79 Å². The number of benzene rings is 1. The van der Waals surface area contributed by atoms with Gasteiger partial charge in [0.05, 0.1) is 18.4 Å². The molecule has 6 nitrogen and oxygen atoms in total. The maximum atomic E-state index is 12.0. The Morgan fingerprint density at radius 2 is 1.83 bits per heavy atom. The lowest BCUT2D eigenvalue weighted by molar-refractivity contribution is 0.0919. The Labute approximate surface area is 136 Å². The summed E-state index contributed by atoms with van der Waals surface area (Å²) in [5, 5.41) is 5.97. The normalized spacial score (nSPS) is 11.0. The third-order valence-electron chi connectivity index (χ3n) is 3.00. The number of aromatic nitrogens is 2. The largest absolute Gasteiger partial charge is 0.495 e. The van der Waals surface area contributed by atoms with Gasteiger partial charge in [0.1, 0.15) is 5.75 Å². The lowest BCUT2D eigenvalue weighted by atomic mass is 10.1. The van der Waals surface area contributed by atoms with Gasteiger partial charge in [-0.2, -0.15) is 0 Å². The minimum Gasteiger partial charge on any atom is -0.495 e. The van der Waals surface area contributed by atoms with Crippen LogP contribution >= 0.6 is 0 Å². The number of methoxy groups -OCH3 is 1. The molecule has 122 valence electrons. The van der Waals surface area contributed by atoms with E-state index in [1.807, 2.05) is 45.9 Å². The first-order chi connectivity index (χ1) is 10.8. The standard InChI is InChI=1S/C17H22N4O2/c1-11-6-7-14(23-5)13(8-11)20-16-18-9-12(10-19-16)15(22)21-17(2,3)4/h6-10H,1-5H3,(H,21,22)(H,18,19,20). The van der Waals surface area contributed by atoms with Crippen LogP contribution in [0, 0.1) is 6.92 Å². The molecule has 0 bridgehead atoms. The average Bonchev–Trinajstić information content (AvgIpc) is 2.46. The second kappa shape index (κ2) is 6.64. The van der Waals surface area contributed by atoms with E-state index >= 15 is 0 Å². The minimum atomic E-state index is -0.303. The first kappa shape index (κ1) is 16.7. The van der Waals surface area contributed by atoms with Gasteiger partial charge in [-0.25, -0.2) is 9.97 Å². The van der Waals surface area contributed by atoms with Gasteiger partial charge in [-0.15, -0.1) is 0 Å². The van der Waals surface area contributed by atoms with E-state index in [0.29, 0.717) is 17.3 Å². The molecule has 0 atom stereocenters. The molecule has 2 rings (SSSR count). The molecular weight excluding hydrogens is 292 g/mol. The van der Waals surface area contributed by atoms with Crippen molar-refractivity contribution in [2.75, 3.05) is 12.4 Å². The molecule has 6 heteroatoms. The smallest absolute Gasteiger partial charge is 0.254 e. The number of carbonyl (C=O) groups is 1. The quantitative estimate of drug-likeness (QED) is 0.907. The number of rotatable bonds is 4. The van der Waals surface area contributed by atoms with Crippen molar-refractivity contribution in [3.63, 3.8) is 0 Å². The monoisotopic (exact) mass is 314 g/mol. The summed E-state index contributed by atoms with van der Waals surface area (Å²) >= 11 is 0. The fourth-order valence-electron chi connectivity index (χ4n) is 1.96. The summed E-state index contributed by atoms with van der Waals surface area (Å²) in [4.78, 5) is 20.4. The zero-order chi connectivity index (χ0) is 17.0. The number of ether oxygens (including phenoxy) is 1. The predicted molar refractivity (Wildman–Crippen MR) is 90.3 cm³/mol. The van der Waals surface area contributed by atoms with Gasteiger partial charge in [0.15, 0.2) is 0 Å². The molecule has 0 aliphatic rings. The van der Waals surface area contributed by atoms with Crippen molar-refractivity contribution in [1.82, 2.24) is 15.3 Å². The third-order valence-corrected chi connectivity index (χ3v) is 3.00. The van der Waals surface area contributed by atoms with Gasteiger partial charge < -0.3 is 15.4 Å². The highest BCUT2D eigenvalue weighted by atomic mass is 16.5. The van der Waals surface area contributed by atoms with Gasteiger partial charge in [0, 0.05) is 17.9 Å². The highest BCUT2D eigenvalue weighted by molar-refractivity contribution is 5.94. The van der Waals surface area contributed by atoms with Crippen LogP contribution in [0.5, 0.6) is 5.75 Å². The highest BCUT2D eigenvalue weighted by Gasteiger charge is 2.16. The maximum absolute atomic E-state index is 12.0. The molecule has 1 amide bonds. The SMILES string of the molecule is COc1ccc(C)cc1Nc1ncc(C(=O)NC(C)(C)C)cn1. The van der Waals surface area contributed by atoms with E-state index in [0.717, 1.165) is 11.3 Å². The Morgan fingerprint density at radius 3 is 2.39 bits per heavy atom. The first-order valence-corrected chi connectivity index (χ1v) is 7.35. The van der Waals surface area contributed by atoms with Crippen LogP contribution in [0.3, 0.4) is 0 Å². The van der Waals surface area contributed by atoms with E-state index in [1.54, 1.807) is 7.11 Å². The Kier molecular flexibility index (Phi) is 4.83.